The minimum atomic E-state index is 0.350. The molecular formula is C19H20BrN5O. The number of hydrogen-bond acceptors (Lipinski definition) is 6. The van der Waals surface area contributed by atoms with Crippen LogP contribution in [-0.2, 0) is 0 Å². The van der Waals surface area contributed by atoms with Crippen molar-refractivity contribution < 1.29 is 4.74 Å². The van der Waals surface area contributed by atoms with Crippen LogP contribution in [-0.4, -0.2) is 37.1 Å². The summed E-state index contributed by atoms with van der Waals surface area (Å²) < 4.78 is 6.63. The molecule has 0 aliphatic carbocycles. The second-order valence-electron chi connectivity index (χ2n) is 6.07. The normalized spacial score (nSPS) is 11.5. The summed E-state index contributed by atoms with van der Waals surface area (Å²) in [5, 5.41) is 10.5. The van der Waals surface area contributed by atoms with Crippen molar-refractivity contribution in [2.24, 2.45) is 10.2 Å². The van der Waals surface area contributed by atoms with Crippen molar-refractivity contribution in [2.45, 2.75) is 0 Å². The fraction of sp³-hybridized carbons (Fsp3) is 0.211. The van der Waals surface area contributed by atoms with Crippen LogP contribution in [0.25, 0.3) is 10.8 Å². The zero-order valence-corrected chi connectivity index (χ0v) is 16.3. The molecule has 0 amide bonds. The molecule has 3 aromatic rings. The Labute approximate surface area is 160 Å². The number of nitrogens with two attached hydrogens (primary N) is 1. The van der Waals surface area contributed by atoms with Crippen LogP contribution >= 0.6 is 15.9 Å². The van der Waals surface area contributed by atoms with E-state index in [1.165, 1.54) is 0 Å². The van der Waals surface area contributed by atoms with Gasteiger partial charge in [-0.25, -0.2) is 4.98 Å². The summed E-state index contributed by atoms with van der Waals surface area (Å²) in [4.78, 5) is 6.27. The second-order valence-corrected chi connectivity index (χ2v) is 6.98. The first-order valence-electron chi connectivity index (χ1n) is 8.16. The first-order chi connectivity index (χ1) is 12.5. The maximum Gasteiger partial charge on any atom is 0.151 e. The van der Waals surface area contributed by atoms with Crippen LogP contribution < -0.4 is 10.5 Å². The number of aromatic nitrogens is 1. The van der Waals surface area contributed by atoms with Gasteiger partial charge in [0.1, 0.15) is 18.0 Å². The summed E-state index contributed by atoms with van der Waals surface area (Å²) in [5.74, 6) is 1.16. The first kappa shape index (κ1) is 18.3. The van der Waals surface area contributed by atoms with Gasteiger partial charge in [0.05, 0.1) is 5.69 Å². The molecule has 6 nitrogen and oxygen atoms in total. The molecule has 3 rings (SSSR count). The van der Waals surface area contributed by atoms with Gasteiger partial charge < -0.3 is 15.4 Å². The number of halogens is 1. The van der Waals surface area contributed by atoms with Crippen molar-refractivity contribution in [1.82, 2.24) is 9.88 Å². The van der Waals surface area contributed by atoms with Crippen LogP contribution in [0.15, 0.2) is 63.4 Å². The largest absolute Gasteiger partial charge is 0.492 e. The van der Waals surface area contributed by atoms with Crippen LogP contribution in [0.5, 0.6) is 5.75 Å². The molecule has 2 aromatic carbocycles. The number of anilines is 1. The van der Waals surface area contributed by atoms with E-state index >= 15 is 0 Å². The Morgan fingerprint density at radius 3 is 2.62 bits per heavy atom. The van der Waals surface area contributed by atoms with E-state index in [2.05, 4.69) is 36.0 Å². The van der Waals surface area contributed by atoms with Crippen LogP contribution in [0.3, 0.4) is 0 Å². The molecule has 0 radical (unpaired) electrons. The van der Waals surface area contributed by atoms with Gasteiger partial charge in [0.15, 0.2) is 5.82 Å². The highest BCUT2D eigenvalue weighted by atomic mass is 79.9. The number of azo groups is 1. The lowest BCUT2D eigenvalue weighted by Crippen LogP contribution is -2.19. The molecule has 2 N–H and O–H groups in total. The van der Waals surface area contributed by atoms with Crippen molar-refractivity contribution in [1.29, 1.82) is 0 Å². The quantitative estimate of drug-likeness (QED) is 0.580. The third-order valence-corrected chi connectivity index (χ3v) is 4.26. The van der Waals surface area contributed by atoms with Crippen LogP contribution in [0.4, 0.5) is 17.2 Å². The third kappa shape index (κ3) is 4.56. The summed E-state index contributed by atoms with van der Waals surface area (Å²) in [6, 6.07) is 13.4. The minimum Gasteiger partial charge on any atom is -0.492 e. The molecule has 0 fully saturated rings. The predicted octanol–water partition coefficient (Wildman–Crippen LogP) is 4.94. The summed E-state index contributed by atoms with van der Waals surface area (Å²) in [7, 11) is 4.03. The molecule has 7 heteroatoms. The summed E-state index contributed by atoms with van der Waals surface area (Å²) in [5.41, 5.74) is 7.28. The van der Waals surface area contributed by atoms with Gasteiger partial charge in [-0.1, -0.05) is 22.0 Å². The number of likely N-dealkylation sites (N-methyl/N-ethyl adjacent to an activating group) is 1. The lowest BCUT2D eigenvalue weighted by molar-refractivity contribution is 0.261. The summed E-state index contributed by atoms with van der Waals surface area (Å²) in [6.45, 7) is 1.51. The van der Waals surface area contributed by atoms with E-state index in [9.17, 15) is 0 Å². The minimum absolute atomic E-state index is 0.350. The Morgan fingerprint density at radius 1 is 1.12 bits per heavy atom. The Bertz CT molecular complexity index is 920. The SMILES string of the molecule is CN(C)CCOc1ccc(N=Nc2c(N)ncc3ccc(Br)cc23)cc1. The fourth-order valence-corrected chi connectivity index (χ4v) is 2.71. The Balaban J connectivity index is 1.79. The van der Waals surface area contributed by atoms with Gasteiger partial charge in [0.25, 0.3) is 0 Å². The Hall–Kier alpha value is -2.51. The second kappa shape index (κ2) is 8.25. The van der Waals surface area contributed by atoms with Crippen molar-refractivity contribution in [3.63, 3.8) is 0 Å². The van der Waals surface area contributed by atoms with Crippen LogP contribution in [0.2, 0.25) is 0 Å². The van der Waals surface area contributed by atoms with Gasteiger partial charge in [-0.05, 0) is 50.5 Å². The molecule has 26 heavy (non-hydrogen) atoms. The number of benzene rings is 2. The molecule has 0 saturated carbocycles. The molecule has 134 valence electrons. The first-order valence-corrected chi connectivity index (χ1v) is 8.95. The average Bonchev–Trinajstić information content (AvgIpc) is 2.62. The van der Waals surface area contributed by atoms with Gasteiger partial charge in [0, 0.05) is 28.0 Å². The van der Waals surface area contributed by atoms with Gasteiger partial charge in [-0.3, -0.25) is 0 Å². The van der Waals surface area contributed by atoms with E-state index in [1.54, 1.807) is 6.20 Å². The highest BCUT2D eigenvalue weighted by molar-refractivity contribution is 9.10. The number of fused-ring (bicyclic) bond motifs is 1. The number of hydrogen-bond donors (Lipinski definition) is 1. The monoisotopic (exact) mass is 413 g/mol. The van der Waals surface area contributed by atoms with Gasteiger partial charge in [-0.15, -0.1) is 5.11 Å². The van der Waals surface area contributed by atoms with Crippen LogP contribution in [0, 0.1) is 0 Å². The zero-order valence-electron chi connectivity index (χ0n) is 14.7. The highest BCUT2D eigenvalue weighted by Gasteiger charge is 2.07. The number of rotatable bonds is 6. The van der Waals surface area contributed by atoms with Gasteiger partial charge in [0.2, 0.25) is 0 Å². The smallest absolute Gasteiger partial charge is 0.151 e. The van der Waals surface area contributed by atoms with Gasteiger partial charge >= 0.3 is 0 Å². The highest BCUT2D eigenvalue weighted by Crippen LogP contribution is 2.33. The van der Waals surface area contributed by atoms with Crippen molar-refractivity contribution >= 4 is 43.9 Å². The molecule has 0 spiro atoms. The Kier molecular flexibility index (Phi) is 5.80. The third-order valence-electron chi connectivity index (χ3n) is 3.77. The molecule has 0 unspecified atom stereocenters. The number of ether oxygens (including phenoxy) is 1. The van der Waals surface area contributed by atoms with E-state index in [0.29, 0.717) is 18.1 Å². The lowest BCUT2D eigenvalue weighted by Gasteiger charge is -2.10. The zero-order chi connectivity index (χ0) is 18.5. The maximum atomic E-state index is 6.00. The van der Waals surface area contributed by atoms with Crippen molar-refractivity contribution in [3.8, 4) is 5.75 Å². The lowest BCUT2D eigenvalue weighted by atomic mass is 10.1. The molecule has 1 aromatic heterocycles. The molecule has 1 heterocycles. The molecular weight excluding hydrogens is 394 g/mol. The molecule has 0 bridgehead atoms. The number of nitrogens with zero attached hydrogens (tertiary/aromatic N) is 4. The molecule has 0 atom stereocenters. The predicted molar refractivity (Wildman–Crippen MR) is 109 cm³/mol. The van der Waals surface area contributed by atoms with E-state index in [4.69, 9.17) is 10.5 Å². The van der Waals surface area contributed by atoms with E-state index in [-0.39, 0.29) is 0 Å². The molecule has 0 aliphatic rings. The summed E-state index contributed by atoms with van der Waals surface area (Å²) in [6.07, 6.45) is 1.73. The topological polar surface area (TPSA) is 76.1 Å². The molecule has 0 saturated heterocycles. The van der Waals surface area contributed by atoms with Crippen molar-refractivity contribution in [3.05, 3.63) is 53.1 Å². The van der Waals surface area contributed by atoms with E-state index in [1.807, 2.05) is 56.6 Å². The summed E-state index contributed by atoms with van der Waals surface area (Å²) >= 11 is 3.47. The van der Waals surface area contributed by atoms with Gasteiger partial charge in [-0.2, -0.15) is 5.11 Å². The van der Waals surface area contributed by atoms with E-state index in [0.717, 1.165) is 33.2 Å². The molecule has 0 aliphatic heterocycles. The van der Waals surface area contributed by atoms with E-state index < -0.39 is 0 Å². The number of nitrogen functional groups attached to an aromatic ring is 1. The number of pyridine rings is 1. The van der Waals surface area contributed by atoms with Crippen molar-refractivity contribution in [2.75, 3.05) is 33.0 Å². The Morgan fingerprint density at radius 2 is 1.88 bits per heavy atom. The average molecular weight is 414 g/mol. The maximum absolute atomic E-state index is 6.00. The van der Waals surface area contributed by atoms with Crippen LogP contribution in [0.1, 0.15) is 0 Å². The standard InChI is InChI=1S/C19H20BrN5O/c1-25(2)9-10-26-16-7-5-15(6-8-16)23-24-18-17-11-14(20)4-3-13(17)12-22-19(18)21/h3-8,11-12H,9-10H2,1-2H3,(H2,21,22). The fourth-order valence-electron chi connectivity index (χ4n) is 2.35.